The largest absolute Gasteiger partial charge is 0.466 e. The lowest BCUT2D eigenvalue weighted by Gasteiger charge is -2.20. The minimum Gasteiger partial charge on any atom is -0.466 e. The normalized spacial score (nSPS) is 12.9. The van der Waals surface area contributed by atoms with E-state index in [0.717, 1.165) is 70.6 Å². The van der Waals surface area contributed by atoms with Gasteiger partial charge in [0.1, 0.15) is 0 Å². The van der Waals surface area contributed by atoms with Crippen molar-refractivity contribution in [1.82, 2.24) is 5.32 Å². The first kappa shape index (κ1) is 62.1. The van der Waals surface area contributed by atoms with Crippen LogP contribution < -0.4 is 5.32 Å². The summed E-state index contributed by atoms with van der Waals surface area (Å²) in [6, 6.07) is -0.647. The van der Waals surface area contributed by atoms with Crippen molar-refractivity contribution in [3.63, 3.8) is 0 Å². The van der Waals surface area contributed by atoms with Gasteiger partial charge in [-0.05, 0) is 57.8 Å². The van der Waals surface area contributed by atoms with Crippen molar-refractivity contribution in [3.8, 4) is 0 Å². The molecule has 0 heterocycles. The van der Waals surface area contributed by atoms with Gasteiger partial charge in [-0.3, -0.25) is 9.59 Å². The van der Waals surface area contributed by atoms with Crippen LogP contribution in [0.25, 0.3) is 0 Å². The standard InChI is InChI=1S/C58H109NO5/c1-3-5-7-9-11-13-15-17-18-19-20-21-22-23-24-25-26-27-29-30-34-38-42-46-50-56(61)55(54-60)59-57(62)51-47-43-39-35-32-33-37-41-45-49-53-64-58(63)52-48-44-40-36-31-28-16-14-12-10-8-6-4-2/h8,10,14,16,46,50,55-56,60-61H,3-7,9,11-13,15,17-45,47-49,51-54H2,1-2H3,(H,59,62)/b10-8-,16-14-,50-46+. The maximum Gasteiger partial charge on any atom is 0.305 e. The zero-order valence-electron chi connectivity index (χ0n) is 42.8. The first-order valence-electron chi connectivity index (χ1n) is 28.3. The van der Waals surface area contributed by atoms with Gasteiger partial charge < -0.3 is 20.3 Å². The van der Waals surface area contributed by atoms with Gasteiger partial charge in [0, 0.05) is 12.8 Å². The Morgan fingerprint density at radius 1 is 0.438 bits per heavy atom. The molecule has 3 N–H and O–H groups in total. The van der Waals surface area contributed by atoms with Crippen LogP contribution in [0.15, 0.2) is 36.5 Å². The highest BCUT2D eigenvalue weighted by molar-refractivity contribution is 5.76. The van der Waals surface area contributed by atoms with Crippen LogP contribution in [-0.2, 0) is 14.3 Å². The quantitative estimate of drug-likeness (QED) is 0.0321. The molecule has 0 rings (SSSR count). The Balaban J connectivity index is 3.52. The lowest BCUT2D eigenvalue weighted by molar-refractivity contribution is -0.143. The van der Waals surface area contributed by atoms with Crippen LogP contribution in [0, 0.1) is 0 Å². The van der Waals surface area contributed by atoms with Gasteiger partial charge in [-0.1, -0.05) is 262 Å². The van der Waals surface area contributed by atoms with Crippen LogP contribution in [0.2, 0.25) is 0 Å². The molecule has 0 spiro atoms. The summed E-state index contributed by atoms with van der Waals surface area (Å²) in [5.74, 6) is -0.126. The topological polar surface area (TPSA) is 95.9 Å². The van der Waals surface area contributed by atoms with Gasteiger partial charge in [-0.15, -0.1) is 0 Å². The Labute approximate surface area is 398 Å². The number of hydrogen-bond donors (Lipinski definition) is 3. The number of allylic oxidation sites excluding steroid dienone is 5. The summed E-state index contributed by atoms with van der Waals surface area (Å²) in [6.07, 6.45) is 65.9. The summed E-state index contributed by atoms with van der Waals surface area (Å²) in [7, 11) is 0. The Morgan fingerprint density at radius 2 is 0.812 bits per heavy atom. The molecule has 0 fully saturated rings. The first-order chi connectivity index (χ1) is 31.5. The molecule has 64 heavy (non-hydrogen) atoms. The number of hydrogen-bond acceptors (Lipinski definition) is 5. The third-order valence-corrected chi connectivity index (χ3v) is 12.9. The van der Waals surface area contributed by atoms with Crippen molar-refractivity contribution in [2.75, 3.05) is 13.2 Å². The van der Waals surface area contributed by atoms with Crippen LogP contribution in [0.1, 0.15) is 296 Å². The predicted octanol–water partition coefficient (Wildman–Crippen LogP) is 17.2. The fourth-order valence-corrected chi connectivity index (χ4v) is 8.55. The van der Waals surface area contributed by atoms with E-state index >= 15 is 0 Å². The highest BCUT2D eigenvalue weighted by Gasteiger charge is 2.18. The van der Waals surface area contributed by atoms with Gasteiger partial charge in [-0.2, -0.15) is 0 Å². The first-order valence-corrected chi connectivity index (χ1v) is 28.3. The molecule has 0 saturated heterocycles. The molecule has 0 aromatic heterocycles. The van der Waals surface area contributed by atoms with Crippen LogP contribution >= 0.6 is 0 Å². The molecule has 2 unspecified atom stereocenters. The van der Waals surface area contributed by atoms with Crippen LogP contribution in [0.4, 0.5) is 0 Å². The fraction of sp³-hybridized carbons (Fsp3) is 0.862. The number of aliphatic hydroxyl groups excluding tert-OH is 2. The summed E-state index contributed by atoms with van der Waals surface area (Å²) in [4.78, 5) is 24.5. The number of esters is 1. The summed E-state index contributed by atoms with van der Waals surface area (Å²) in [6.45, 7) is 4.79. The number of rotatable bonds is 52. The van der Waals surface area contributed by atoms with Gasteiger partial charge in [0.25, 0.3) is 0 Å². The van der Waals surface area contributed by atoms with Gasteiger partial charge >= 0.3 is 5.97 Å². The van der Waals surface area contributed by atoms with Crippen molar-refractivity contribution in [2.24, 2.45) is 0 Å². The van der Waals surface area contributed by atoms with Gasteiger partial charge in [0.15, 0.2) is 0 Å². The highest BCUT2D eigenvalue weighted by Crippen LogP contribution is 2.17. The van der Waals surface area contributed by atoms with Gasteiger partial charge in [0.05, 0.1) is 25.4 Å². The second-order valence-corrected chi connectivity index (χ2v) is 19.3. The number of amides is 1. The lowest BCUT2D eigenvalue weighted by atomic mass is 10.0. The summed E-state index contributed by atoms with van der Waals surface area (Å²) in [5.41, 5.74) is 0. The molecule has 0 bridgehead atoms. The number of nitrogens with one attached hydrogen (secondary N) is 1. The van der Waals surface area contributed by atoms with E-state index in [0.29, 0.717) is 19.4 Å². The Hall–Kier alpha value is -1.92. The number of aliphatic hydroxyl groups is 2. The average Bonchev–Trinajstić information content (AvgIpc) is 3.29. The molecular formula is C58H109NO5. The molecule has 0 aromatic carbocycles. The molecule has 376 valence electrons. The molecule has 0 radical (unpaired) electrons. The fourth-order valence-electron chi connectivity index (χ4n) is 8.55. The van der Waals surface area contributed by atoms with E-state index in [-0.39, 0.29) is 18.5 Å². The average molecular weight is 901 g/mol. The minimum atomic E-state index is -0.861. The Morgan fingerprint density at radius 3 is 1.25 bits per heavy atom. The van der Waals surface area contributed by atoms with E-state index in [1.54, 1.807) is 6.08 Å². The second-order valence-electron chi connectivity index (χ2n) is 19.3. The zero-order valence-corrected chi connectivity index (χ0v) is 42.8. The Kier molecular flexibility index (Phi) is 52.1. The summed E-state index contributed by atoms with van der Waals surface area (Å²) in [5, 5.41) is 23.2. The smallest absolute Gasteiger partial charge is 0.305 e. The van der Waals surface area contributed by atoms with Crippen LogP contribution in [-0.4, -0.2) is 47.4 Å². The number of ether oxygens (including phenoxy) is 1. The summed E-state index contributed by atoms with van der Waals surface area (Å²) < 4.78 is 5.44. The van der Waals surface area contributed by atoms with Crippen molar-refractivity contribution in [1.29, 1.82) is 0 Å². The monoisotopic (exact) mass is 900 g/mol. The van der Waals surface area contributed by atoms with E-state index in [1.807, 2.05) is 6.08 Å². The summed E-state index contributed by atoms with van der Waals surface area (Å²) >= 11 is 0. The molecule has 1 amide bonds. The van der Waals surface area contributed by atoms with Gasteiger partial charge in [-0.25, -0.2) is 0 Å². The maximum absolute atomic E-state index is 12.5. The highest BCUT2D eigenvalue weighted by atomic mass is 16.5. The number of carbonyl (C=O) groups excluding carboxylic acids is 2. The molecular weight excluding hydrogens is 791 g/mol. The molecule has 6 nitrogen and oxygen atoms in total. The maximum atomic E-state index is 12.5. The molecule has 0 aliphatic rings. The zero-order chi connectivity index (χ0) is 46.5. The van der Waals surface area contributed by atoms with Crippen molar-refractivity contribution in [3.05, 3.63) is 36.5 Å². The van der Waals surface area contributed by atoms with Crippen molar-refractivity contribution < 1.29 is 24.5 Å². The van der Waals surface area contributed by atoms with E-state index in [1.165, 1.54) is 199 Å². The second kappa shape index (κ2) is 53.7. The molecule has 6 heteroatoms. The van der Waals surface area contributed by atoms with Gasteiger partial charge in [0.2, 0.25) is 5.91 Å². The predicted molar refractivity (Wildman–Crippen MR) is 278 cm³/mol. The van der Waals surface area contributed by atoms with Crippen molar-refractivity contribution in [2.45, 2.75) is 309 Å². The van der Waals surface area contributed by atoms with E-state index in [2.05, 4.69) is 43.5 Å². The Bertz CT molecular complexity index is 1040. The molecule has 2 atom stereocenters. The number of unbranched alkanes of at least 4 members (excludes halogenated alkanes) is 37. The third kappa shape index (κ3) is 49.5. The number of carbonyl (C=O) groups is 2. The van der Waals surface area contributed by atoms with E-state index in [4.69, 9.17) is 4.74 Å². The third-order valence-electron chi connectivity index (χ3n) is 12.9. The van der Waals surface area contributed by atoms with Crippen LogP contribution in [0.5, 0.6) is 0 Å². The van der Waals surface area contributed by atoms with E-state index < -0.39 is 12.1 Å². The van der Waals surface area contributed by atoms with E-state index in [9.17, 15) is 19.8 Å². The minimum absolute atomic E-state index is 0.0359. The molecule has 0 aliphatic heterocycles. The SMILES string of the molecule is CCC/C=C\C/C=C\CCCCCCCC(=O)OCCCCCCCCCCCCC(=O)NC(CO)C(O)/C=C/CCCCCCCCCCCCCCCCCCCCCCCC. The molecule has 0 aromatic rings. The molecule has 0 saturated carbocycles. The van der Waals surface area contributed by atoms with Crippen molar-refractivity contribution >= 4 is 11.9 Å². The molecule has 0 aliphatic carbocycles. The lowest BCUT2D eigenvalue weighted by Crippen LogP contribution is -2.45. The van der Waals surface area contributed by atoms with Crippen LogP contribution in [0.3, 0.4) is 0 Å².